The molecule has 1 rings (SSSR count). The summed E-state index contributed by atoms with van der Waals surface area (Å²) in [6.45, 7) is 7.45. The van der Waals surface area contributed by atoms with Crippen LogP contribution in [0, 0.1) is 0 Å². The van der Waals surface area contributed by atoms with E-state index in [0.29, 0.717) is 6.54 Å². The van der Waals surface area contributed by atoms with Crippen molar-refractivity contribution in [1.82, 2.24) is 4.90 Å². The van der Waals surface area contributed by atoms with Gasteiger partial charge in [-0.3, -0.25) is 4.79 Å². The fourth-order valence-corrected chi connectivity index (χ4v) is 2.05. The second-order valence-electron chi connectivity index (χ2n) is 4.78. The van der Waals surface area contributed by atoms with Crippen molar-refractivity contribution in [3.63, 3.8) is 0 Å². The molecule has 94 valence electrons. The molecule has 2 N–H and O–H groups in total. The van der Waals surface area contributed by atoms with Crippen molar-refractivity contribution in [3.8, 4) is 0 Å². The minimum atomic E-state index is -0.227. The summed E-state index contributed by atoms with van der Waals surface area (Å²) in [5.74, 6) is 0.132. The summed E-state index contributed by atoms with van der Waals surface area (Å²) < 4.78 is 5.61. The molecule has 1 saturated heterocycles. The summed E-state index contributed by atoms with van der Waals surface area (Å²) >= 11 is 0. The smallest absolute Gasteiger partial charge is 0.251 e. The summed E-state index contributed by atoms with van der Waals surface area (Å²) in [5.41, 5.74) is 5.48. The molecule has 1 aliphatic heterocycles. The number of ether oxygens (including phenoxy) is 1. The van der Waals surface area contributed by atoms with Crippen LogP contribution in [0.3, 0.4) is 0 Å². The summed E-state index contributed by atoms with van der Waals surface area (Å²) in [5, 5.41) is 0. The summed E-state index contributed by atoms with van der Waals surface area (Å²) in [6, 6.07) is 0.221. The van der Waals surface area contributed by atoms with Gasteiger partial charge in [-0.15, -0.1) is 0 Å². The number of hydrogen-bond acceptors (Lipinski definition) is 3. The lowest BCUT2D eigenvalue weighted by atomic mass is 10.1. The number of carbonyl (C=O) groups is 1. The number of nitrogens with zero attached hydrogens (tertiary/aromatic N) is 1. The molecule has 0 bridgehead atoms. The Morgan fingerprint density at radius 3 is 2.62 bits per heavy atom. The normalized spacial score (nSPS) is 25.1. The van der Waals surface area contributed by atoms with E-state index in [0.717, 1.165) is 25.8 Å². The van der Waals surface area contributed by atoms with Crippen molar-refractivity contribution in [1.29, 1.82) is 0 Å². The average molecular weight is 228 g/mol. The molecule has 0 spiro atoms. The molecule has 2 unspecified atom stereocenters. The second-order valence-corrected chi connectivity index (χ2v) is 4.78. The lowest BCUT2D eigenvalue weighted by Gasteiger charge is -2.29. The number of rotatable bonds is 5. The van der Waals surface area contributed by atoms with Crippen LogP contribution in [0.5, 0.6) is 0 Å². The highest BCUT2D eigenvalue weighted by Crippen LogP contribution is 2.21. The third-order valence-electron chi connectivity index (χ3n) is 3.02. The van der Waals surface area contributed by atoms with Crippen molar-refractivity contribution in [2.45, 2.75) is 58.3 Å². The van der Waals surface area contributed by atoms with Crippen molar-refractivity contribution in [2.75, 3.05) is 13.1 Å². The molecule has 0 saturated carbocycles. The van der Waals surface area contributed by atoms with Gasteiger partial charge < -0.3 is 15.4 Å². The molecule has 0 aromatic carbocycles. The van der Waals surface area contributed by atoms with E-state index in [1.54, 1.807) is 0 Å². The Bertz CT molecular complexity index is 231. The van der Waals surface area contributed by atoms with Crippen LogP contribution in [0.2, 0.25) is 0 Å². The fraction of sp³-hybridized carbons (Fsp3) is 0.917. The molecule has 1 fully saturated rings. The average Bonchev–Trinajstić information content (AvgIpc) is 2.64. The van der Waals surface area contributed by atoms with Crippen molar-refractivity contribution in [3.05, 3.63) is 0 Å². The van der Waals surface area contributed by atoms with Gasteiger partial charge in [-0.25, -0.2) is 0 Å². The van der Waals surface area contributed by atoms with Gasteiger partial charge in [0.1, 0.15) is 6.10 Å². The van der Waals surface area contributed by atoms with Crippen LogP contribution in [-0.2, 0) is 9.53 Å². The molecular weight excluding hydrogens is 204 g/mol. The summed E-state index contributed by atoms with van der Waals surface area (Å²) in [6.07, 6.45) is 2.68. The maximum atomic E-state index is 12.2. The van der Waals surface area contributed by atoms with Crippen LogP contribution in [0.25, 0.3) is 0 Å². The minimum absolute atomic E-state index is 0.132. The topological polar surface area (TPSA) is 55.6 Å². The lowest BCUT2D eigenvalue weighted by molar-refractivity contribution is -0.144. The van der Waals surface area contributed by atoms with E-state index in [4.69, 9.17) is 10.5 Å². The van der Waals surface area contributed by atoms with Gasteiger partial charge >= 0.3 is 0 Å². The first-order chi connectivity index (χ1) is 7.56. The number of nitrogens with two attached hydrogens (primary N) is 1. The van der Waals surface area contributed by atoms with Crippen LogP contribution in [0.4, 0.5) is 0 Å². The standard InChI is InChI=1S/C12H24N2O2/c1-9(2)14(8-4-7-13)12(15)11-6-5-10(3)16-11/h9-11H,4-8,13H2,1-3H3. The largest absolute Gasteiger partial charge is 0.365 e. The van der Waals surface area contributed by atoms with Crippen molar-refractivity contribution >= 4 is 5.91 Å². The molecular formula is C12H24N2O2. The van der Waals surface area contributed by atoms with E-state index in [2.05, 4.69) is 0 Å². The monoisotopic (exact) mass is 228 g/mol. The quantitative estimate of drug-likeness (QED) is 0.767. The maximum Gasteiger partial charge on any atom is 0.251 e. The maximum absolute atomic E-state index is 12.2. The Kier molecular flexibility index (Phi) is 5.22. The van der Waals surface area contributed by atoms with Crippen LogP contribution in [0.15, 0.2) is 0 Å². The third kappa shape index (κ3) is 3.46. The highest BCUT2D eigenvalue weighted by molar-refractivity contribution is 5.81. The Morgan fingerprint density at radius 1 is 1.50 bits per heavy atom. The van der Waals surface area contributed by atoms with E-state index in [1.165, 1.54) is 0 Å². The molecule has 1 heterocycles. The van der Waals surface area contributed by atoms with Gasteiger partial charge in [0.15, 0.2) is 0 Å². The molecule has 2 atom stereocenters. The highest BCUT2D eigenvalue weighted by Gasteiger charge is 2.32. The van der Waals surface area contributed by atoms with Crippen molar-refractivity contribution in [2.24, 2.45) is 5.73 Å². The van der Waals surface area contributed by atoms with E-state index in [1.807, 2.05) is 25.7 Å². The Hall–Kier alpha value is -0.610. The molecule has 0 radical (unpaired) electrons. The van der Waals surface area contributed by atoms with Gasteiger partial charge in [0.25, 0.3) is 5.91 Å². The third-order valence-corrected chi connectivity index (χ3v) is 3.02. The zero-order valence-corrected chi connectivity index (χ0v) is 10.6. The number of hydrogen-bond donors (Lipinski definition) is 1. The predicted molar refractivity (Wildman–Crippen MR) is 64.1 cm³/mol. The van der Waals surface area contributed by atoms with E-state index < -0.39 is 0 Å². The molecule has 1 amide bonds. The zero-order valence-electron chi connectivity index (χ0n) is 10.6. The minimum Gasteiger partial charge on any atom is -0.365 e. The first kappa shape index (κ1) is 13.5. The van der Waals surface area contributed by atoms with Gasteiger partial charge in [-0.2, -0.15) is 0 Å². The highest BCUT2D eigenvalue weighted by atomic mass is 16.5. The Morgan fingerprint density at radius 2 is 2.19 bits per heavy atom. The second kappa shape index (κ2) is 6.21. The molecule has 0 aliphatic carbocycles. The molecule has 4 heteroatoms. The molecule has 0 aromatic rings. The van der Waals surface area contributed by atoms with Gasteiger partial charge in [-0.05, 0) is 46.6 Å². The Balaban J connectivity index is 2.53. The van der Waals surface area contributed by atoms with Crippen LogP contribution in [-0.4, -0.2) is 42.1 Å². The van der Waals surface area contributed by atoms with E-state index >= 15 is 0 Å². The fourth-order valence-electron chi connectivity index (χ4n) is 2.05. The van der Waals surface area contributed by atoms with E-state index in [9.17, 15) is 4.79 Å². The van der Waals surface area contributed by atoms with Gasteiger partial charge in [-0.1, -0.05) is 0 Å². The molecule has 4 nitrogen and oxygen atoms in total. The van der Waals surface area contributed by atoms with E-state index in [-0.39, 0.29) is 24.2 Å². The van der Waals surface area contributed by atoms with Crippen LogP contribution < -0.4 is 5.73 Å². The van der Waals surface area contributed by atoms with Gasteiger partial charge in [0.05, 0.1) is 6.10 Å². The molecule has 1 aliphatic rings. The molecule has 0 aromatic heterocycles. The lowest BCUT2D eigenvalue weighted by Crippen LogP contribution is -2.44. The summed E-state index contributed by atoms with van der Waals surface area (Å²) in [7, 11) is 0. The van der Waals surface area contributed by atoms with Crippen LogP contribution in [0.1, 0.15) is 40.0 Å². The first-order valence-corrected chi connectivity index (χ1v) is 6.22. The number of carbonyl (C=O) groups excluding carboxylic acids is 1. The van der Waals surface area contributed by atoms with Crippen LogP contribution >= 0.6 is 0 Å². The molecule has 16 heavy (non-hydrogen) atoms. The van der Waals surface area contributed by atoms with Gasteiger partial charge in [0, 0.05) is 12.6 Å². The first-order valence-electron chi connectivity index (χ1n) is 6.22. The predicted octanol–water partition coefficient (Wildman–Crippen LogP) is 1.14. The zero-order chi connectivity index (χ0) is 12.1. The Labute approximate surface area is 98.1 Å². The SMILES string of the molecule is CC1CCC(C(=O)N(CCCN)C(C)C)O1. The van der Waals surface area contributed by atoms with Gasteiger partial charge in [0.2, 0.25) is 0 Å². The number of amides is 1. The van der Waals surface area contributed by atoms with Crippen molar-refractivity contribution < 1.29 is 9.53 Å². The summed E-state index contributed by atoms with van der Waals surface area (Å²) in [4.78, 5) is 14.1.